The molecule has 1 unspecified atom stereocenters. The van der Waals surface area contributed by atoms with E-state index in [2.05, 4.69) is 0 Å². The highest BCUT2D eigenvalue weighted by Gasteiger charge is 2.48. The maximum absolute atomic E-state index is 12.6. The van der Waals surface area contributed by atoms with Gasteiger partial charge in [0, 0.05) is 12.0 Å². The molecule has 1 fully saturated rings. The zero-order valence-corrected chi connectivity index (χ0v) is 20.2. The van der Waals surface area contributed by atoms with Crippen molar-refractivity contribution < 1.29 is 53.8 Å². The van der Waals surface area contributed by atoms with Crippen LogP contribution in [-0.4, -0.2) is 81.1 Å². The van der Waals surface area contributed by atoms with Gasteiger partial charge in [0.25, 0.3) is 0 Å². The second-order valence-corrected chi connectivity index (χ2v) is 8.87. The summed E-state index contributed by atoms with van der Waals surface area (Å²) in [6.45, 7) is -1.05. The van der Waals surface area contributed by atoms with Crippen LogP contribution < -0.4 is 4.74 Å². The molecule has 0 amide bonds. The van der Waals surface area contributed by atoms with Crippen molar-refractivity contribution in [1.29, 1.82) is 0 Å². The van der Waals surface area contributed by atoms with Crippen LogP contribution in [0.25, 0.3) is 0 Å². The number of Topliss-reactive ketones (excluding diaryl/α,β-unsaturated/α-hetero) is 1. The number of para-hydroxylation sites is 1. The third-order valence-corrected chi connectivity index (χ3v) is 6.28. The van der Waals surface area contributed by atoms with Gasteiger partial charge < -0.3 is 39.4 Å². The number of allylic oxidation sites excluding steroid dienone is 1. The lowest BCUT2D eigenvalue weighted by Gasteiger charge is -2.41. The molecule has 0 radical (unpaired) electrons. The first-order valence-electron chi connectivity index (χ1n) is 12.0. The van der Waals surface area contributed by atoms with Crippen molar-refractivity contribution in [3.8, 4) is 5.75 Å². The lowest BCUT2D eigenvalue weighted by molar-refractivity contribution is -0.277. The van der Waals surface area contributed by atoms with E-state index in [1.807, 2.05) is 0 Å². The van der Waals surface area contributed by atoms with E-state index in [1.165, 1.54) is 24.3 Å². The molecule has 38 heavy (non-hydrogen) atoms. The van der Waals surface area contributed by atoms with Gasteiger partial charge in [-0.05, 0) is 30.7 Å². The molecular weight excluding hydrogens is 500 g/mol. The van der Waals surface area contributed by atoms with E-state index in [-0.39, 0.29) is 24.3 Å². The van der Waals surface area contributed by atoms with Crippen molar-refractivity contribution in [3.05, 3.63) is 77.9 Å². The van der Waals surface area contributed by atoms with Crippen molar-refractivity contribution in [3.63, 3.8) is 0 Å². The van der Waals surface area contributed by atoms with Crippen LogP contribution in [0.5, 0.6) is 5.75 Å². The average molecular weight is 529 g/mol. The van der Waals surface area contributed by atoms with E-state index in [4.69, 9.17) is 18.9 Å². The summed E-state index contributed by atoms with van der Waals surface area (Å²) in [5, 5.41) is 41.6. The van der Waals surface area contributed by atoms with Gasteiger partial charge in [0.15, 0.2) is 18.0 Å². The maximum Gasteiger partial charge on any atom is 0.350 e. The summed E-state index contributed by atoms with van der Waals surface area (Å²) >= 11 is 0. The number of benzene rings is 2. The zero-order valence-electron chi connectivity index (χ0n) is 20.2. The van der Waals surface area contributed by atoms with Gasteiger partial charge in [0.1, 0.15) is 24.6 Å². The van der Waals surface area contributed by atoms with Crippen LogP contribution in [0, 0.1) is 0 Å². The maximum atomic E-state index is 12.6. The highest BCUT2D eigenvalue weighted by molar-refractivity contribution is 6.09. The van der Waals surface area contributed by atoms with Gasteiger partial charge in [0.05, 0.1) is 12.2 Å². The fourth-order valence-corrected chi connectivity index (χ4v) is 4.11. The Labute approximate surface area is 217 Å². The van der Waals surface area contributed by atoms with Crippen LogP contribution >= 0.6 is 0 Å². The summed E-state index contributed by atoms with van der Waals surface area (Å²) in [6, 6.07) is 14.2. The van der Waals surface area contributed by atoms with E-state index in [0.717, 1.165) is 6.08 Å². The summed E-state index contributed by atoms with van der Waals surface area (Å²) in [7, 11) is 0. The highest BCUT2D eigenvalue weighted by atomic mass is 16.7. The van der Waals surface area contributed by atoms with Crippen molar-refractivity contribution in [2.45, 2.75) is 55.8 Å². The normalized spacial score (nSPS) is 28.9. The third kappa shape index (κ3) is 5.77. The van der Waals surface area contributed by atoms with Gasteiger partial charge in [-0.2, -0.15) is 0 Å². The smallest absolute Gasteiger partial charge is 0.350 e. The molecule has 1 aliphatic heterocycles. The predicted octanol–water partition coefficient (Wildman–Crippen LogP) is 0.423. The Kier molecular flexibility index (Phi) is 8.55. The summed E-state index contributed by atoms with van der Waals surface area (Å²) in [6.07, 6.45) is -4.41. The molecule has 11 nitrogen and oxygen atoms in total. The number of aliphatic hydroxyl groups excluding tert-OH is 3. The largest absolute Gasteiger partial charge is 0.462 e. The molecule has 6 atom stereocenters. The molecule has 4 rings (SSSR count). The van der Waals surface area contributed by atoms with E-state index in [0.29, 0.717) is 12.0 Å². The summed E-state index contributed by atoms with van der Waals surface area (Å²) in [5.41, 5.74) is -1.87. The molecule has 11 heteroatoms. The number of hydrogen-bond donors (Lipinski definition) is 4. The molecule has 0 aromatic heterocycles. The molecular formula is C27H28O11. The fourth-order valence-electron chi connectivity index (χ4n) is 4.11. The number of hydrogen-bond acceptors (Lipinski definition) is 11. The minimum absolute atomic E-state index is 0.00654. The second kappa shape index (κ2) is 11.8. The molecule has 1 heterocycles. The fraction of sp³-hybridized carbons (Fsp3) is 0.370. The van der Waals surface area contributed by atoms with Crippen LogP contribution in [0.1, 0.15) is 28.8 Å². The van der Waals surface area contributed by atoms with E-state index < -0.39 is 60.6 Å². The number of rotatable bonds is 8. The van der Waals surface area contributed by atoms with Crippen molar-refractivity contribution in [1.82, 2.24) is 0 Å². The first-order valence-corrected chi connectivity index (χ1v) is 12.0. The van der Waals surface area contributed by atoms with Crippen molar-refractivity contribution in [2.24, 2.45) is 0 Å². The molecule has 2 aromatic rings. The summed E-state index contributed by atoms with van der Waals surface area (Å²) in [4.78, 5) is 37.1. The second-order valence-electron chi connectivity index (χ2n) is 8.87. The molecule has 202 valence electrons. The zero-order chi connectivity index (χ0) is 27.3. The number of ketones is 1. The quantitative estimate of drug-likeness (QED) is 0.213. The first-order chi connectivity index (χ1) is 18.2. The third-order valence-electron chi connectivity index (χ3n) is 6.28. The Hall–Kier alpha value is -3.61. The standard InChI is InChI=1S/C27H28O11/c28-14-19-21(30)23(38-24(32)16-8-2-1-3-9-16)22(31)25(37-19)36-18-11-5-4-10-17(18)15-35-26(33)27(34)13-7-6-12-20(27)29/h1-5,7-11,13,19,21-23,25,28,30-31,34H,6,12,14-15H2/t19-,21-,22-,23+,25-,27?/m1/s1. The SMILES string of the molecule is O=C(O[C@@H]1[C@@H](O)[C@H](Oc2ccccc2COC(=O)C2(O)C=CCCC2=O)O[C@H](CO)[C@H]1O)c1ccccc1. The molecule has 2 aliphatic rings. The molecule has 0 saturated carbocycles. The van der Waals surface area contributed by atoms with Gasteiger partial charge >= 0.3 is 11.9 Å². The number of carbonyl (C=O) groups excluding carboxylic acids is 3. The highest BCUT2D eigenvalue weighted by Crippen LogP contribution is 2.29. The van der Waals surface area contributed by atoms with Gasteiger partial charge in [-0.1, -0.05) is 42.5 Å². The van der Waals surface area contributed by atoms with Crippen LogP contribution in [0.15, 0.2) is 66.7 Å². The minimum Gasteiger partial charge on any atom is -0.462 e. The predicted molar refractivity (Wildman–Crippen MR) is 129 cm³/mol. The van der Waals surface area contributed by atoms with Crippen molar-refractivity contribution >= 4 is 17.7 Å². The number of carbonyl (C=O) groups is 3. The monoisotopic (exact) mass is 528 g/mol. The lowest BCUT2D eigenvalue weighted by Crippen LogP contribution is -2.61. The first kappa shape index (κ1) is 27.4. The molecule has 0 bridgehead atoms. The molecule has 1 saturated heterocycles. The average Bonchev–Trinajstić information content (AvgIpc) is 2.93. The number of ether oxygens (including phenoxy) is 4. The van der Waals surface area contributed by atoms with Crippen molar-refractivity contribution in [2.75, 3.05) is 6.61 Å². The summed E-state index contributed by atoms with van der Waals surface area (Å²) in [5.74, 6) is -2.51. The van der Waals surface area contributed by atoms with Gasteiger partial charge in [-0.3, -0.25) is 4.79 Å². The van der Waals surface area contributed by atoms with E-state index in [1.54, 1.807) is 36.4 Å². The summed E-state index contributed by atoms with van der Waals surface area (Å²) < 4.78 is 21.9. The van der Waals surface area contributed by atoms with Crippen LogP contribution in [0.3, 0.4) is 0 Å². The number of aliphatic hydroxyl groups is 4. The Morgan fingerprint density at radius 2 is 1.74 bits per heavy atom. The Bertz CT molecular complexity index is 1180. The Morgan fingerprint density at radius 1 is 1.03 bits per heavy atom. The van der Waals surface area contributed by atoms with Crippen LogP contribution in [0.4, 0.5) is 0 Å². The van der Waals surface area contributed by atoms with Crippen LogP contribution in [0.2, 0.25) is 0 Å². The Balaban J connectivity index is 1.48. The van der Waals surface area contributed by atoms with Gasteiger partial charge in [-0.15, -0.1) is 0 Å². The molecule has 0 spiro atoms. The lowest BCUT2D eigenvalue weighted by atomic mass is 9.90. The topological polar surface area (TPSA) is 169 Å². The van der Waals surface area contributed by atoms with Crippen LogP contribution in [-0.2, 0) is 30.4 Å². The molecule has 4 N–H and O–H groups in total. The molecule has 2 aromatic carbocycles. The number of esters is 2. The molecule has 1 aliphatic carbocycles. The minimum atomic E-state index is -2.36. The van der Waals surface area contributed by atoms with Gasteiger partial charge in [0.2, 0.25) is 11.9 Å². The van der Waals surface area contributed by atoms with E-state index in [9.17, 15) is 34.8 Å². The van der Waals surface area contributed by atoms with Gasteiger partial charge in [-0.25, -0.2) is 9.59 Å². The Morgan fingerprint density at radius 3 is 2.45 bits per heavy atom. The van der Waals surface area contributed by atoms with E-state index >= 15 is 0 Å².